The van der Waals surface area contributed by atoms with Crippen molar-refractivity contribution >= 4 is 34.8 Å². The molecule has 0 saturated heterocycles. The fraction of sp³-hybridized carbons (Fsp3) is 0.175. The van der Waals surface area contributed by atoms with E-state index < -0.39 is 17.6 Å². The third kappa shape index (κ3) is 7.69. The molecule has 5 aromatic rings. The van der Waals surface area contributed by atoms with Crippen LogP contribution in [0.5, 0.6) is 5.75 Å². The second-order valence-electron chi connectivity index (χ2n) is 11.6. The predicted octanol–water partition coefficient (Wildman–Crippen LogP) is 8.29. The van der Waals surface area contributed by atoms with Crippen molar-refractivity contribution in [2.24, 2.45) is 0 Å². The lowest BCUT2D eigenvalue weighted by molar-refractivity contribution is -0.121. The molecule has 0 N–H and O–H groups in total. The lowest BCUT2D eigenvalue weighted by Crippen LogP contribution is -2.32. The molecule has 0 amide bonds. The van der Waals surface area contributed by atoms with Crippen LogP contribution < -0.4 is 10.3 Å². The van der Waals surface area contributed by atoms with Crippen LogP contribution in [0.25, 0.3) is 27.1 Å². The van der Waals surface area contributed by atoms with E-state index in [-0.39, 0.29) is 24.4 Å². The fourth-order valence-corrected chi connectivity index (χ4v) is 6.01. The van der Waals surface area contributed by atoms with E-state index in [4.69, 9.17) is 27.6 Å². The van der Waals surface area contributed by atoms with E-state index in [2.05, 4.69) is 4.85 Å². The normalized spacial score (nSPS) is 11.3. The van der Waals surface area contributed by atoms with E-state index in [0.717, 1.165) is 22.3 Å². The number of ketones is 2. The Balaban J connectivity index is 1.55. The molecular formula is C40H33ClN2O6. The molecule has 9 heteroatoms. The van der Waals surface area contributed by atoms with Crippen molar-refractivity contribution in [2.75, 3.05) is 14.2 Å². The first kappa shape index (κ1) is 34.6. The molecule has 1 aromatic heterocycles. The quantitative estimate of drug-likeness (QED) is 0.0796. The summed E-state index contributed by atoms with van der Waals surface area (Å²) < 4.78 is 11.9. The van der Waals surface area contributed by atoms with Crippen molar-refractivity contribution in [3.05, 3.63) is 152 Å². The van der Waals surface area contributed by atoms with Crippen LogP contribution in [0.3, 0.4) is 0 Å². The second kappa shape index (κ2) is 15.0. The molecule has 246 valence electrons. The van der Waals surface area contributed by atoms with Gasteiger partial charge in [0.1, 0.15) is 5.75 Å². The van der Waals surface area contributed by atoms with Gasteiger partial charge in [-0.25, -0.2) is 9.64 Å². The van der Waals surface area contributed by atoms with Gasteiger partial charge in [-0.2, -0.15) is 0 Å². The zero-order chi connectivity index (χ0) is 35.2. The minimum absolute atomic E-state index is 0.00388. The molecule has 0 aliphatic rings. The number of hydrogen-bond donors (Lipinski definition) is 0. The number of esters is 1. The first-order valence-electron chi connectivity index (χ1n) is 15.4. The molecule has 0 aliphatic heterocycles. The molecule has 1 atom stereocenters. The van der Waals surface area contributed by atoms with Gasteiger partial charge in [0.2, 0.25) is 0 Å². The number of ether oxygens (including phenoxy) is 2. The van der Waals surface area contributed by atoms with Crippen molar-refractivity contribution in [2.45, 2.75) is 32.7 Å². The van der Waals surface area contributed by atoms with E-state index in [1.807, 2.05) is 43.3 Å². The average Bonchev–Trinajstić information content (AvgIpc) is 3.10. The van der Waals surface area contributed by atoms with Crippen LogP contribution in [-0.4, -0.2) is 36.3 Å². The average molecular weight is 673 g/mol. The van der Waals surface area contributed by atoms with Crippen LogP contribution in [0.1, 0.15) is 50.4 Å². The number of nitrogens with zero attached hydrogens (tertiary/aromatic N) is 2. The van der Waals surface area contributed by atoms with E-state index in [9.17, 15) is 19.2 Å². The Morgan fingerprint density at radius 1 is 0.857 bits per heavy atom. The van der Waals surface area contributed by atoms with Gasteiger partial charge in [-0.3, -0.25) is 14.4 Å². The van der Waals surface area contributed by atoms with Crippen LogP contribution in [0.4, 0.5) is 5.69 Å². The highest BCUT2D eigenvalue weighted by molar-refractivity contribution is 6.31. The second-order valence-corrected chi connectivity index (χ2v) is 12.0. The van der Waals surface area contributed by atoms with E-state index >= 15 is 0 Å². The Bertz CT molecular complexity index is 2160. The Labute approximate surface area is 289 Å². The van der Waals surface area contributed by atoms with E-state index in [0.29, 0.717) is 44.3 Å². The minimum atomic E-state index is -0.923. The third-order valence-corrected chi connectivity index (χ3v) is 8.64. The number of pyridine rings is 1. The maximum Gasteiger partial charge on any atom is 0.337 e. The standard InChI is InChI=1S/C40H33ClN2O6/c1-24-18-31(42-3)15-17-32(24)28-10-6-26(7-11-28)19-36(37(45)20-27-8-12-29(13-9-27)40(47)49-5)43-23-38(48-4)35(22-39(43)46)34-21-30(41)14-16-33(34)25(2)44/h6-18,21-23,36H,19-20H2,1-2,4-5H3. The number of aromatic nitrogens is 1. The third-order valence-electron chi connectivity index (χ3n) is 8.41. The molecule has 4 aromatic carbocycles. The maximum atomic E-state index is 14.1. The molecule has 0 fully saturated rings. The molecule has 1 heterocycles. The number of carbonyl (C=O) groups excluding carboxylic acids is 3. The highest BCUT2D eigenvalue weighted by atomic mass is 35.5. The van der Waals surface area contributed by atoms with Crippen LogP contribution in [-0.2, 0) is 22.4 Å². The summed E-state index contributed by atoms with van der Waals surface area (Å²) in [4.78, 5) is 55.9. The molecule has 5 rings (SSSR count). The molecule has 0 radical (unpaired) electrons. The molecule has 0 spiro atoms. The molecule has 8 nitrogen and oxygen atoms in total. The topological polar surface area (TPSA) is 96.0 Å². The summed E-state index contributed by atoms with van der Waals surface area (Å²) in [7, 11) is 2.75. The fourth-order valence-electron chi connectivity index (χ4n) is 5.84. The number of rotatable bonds is 11. The first-order chi connectivity index (χ1) is 23.5. The first-order valence-corrected chi connectivity index (χ1v) is 15.8. The maximum absolute atomic E-state index is 14.1. The summed E-state index contributed by atoms with van der Waals surface area (Å²) >= 11 is 6.29. The zero-order valence-corrected chi connectivity index (χ0v) is 28.2. The van der Waals surface area contributed by atoms with Crippen LogP contribution in [0, 0.1) is 13.5 Å². The van der Waals surface area contributed by atoms with Gasteiger partial charge in [-0.15, -0.1) is 0 Å². The molecule has 1 unspecified atom stereocenters. The summed E-state index contributed by atoms with van der Waals surface area (Å²) in [6.07, 6.45) is 1.70. The van der Waals surface area contributed by atoms with Crippen molar-refractivity contribution in [3.8, 4) is 28.0 Å². The predicted molar refractivity (Wildman–Crippen MR) is 190 cm³/mol. The monoisotopic (exact) mass is 672 g/mol. The van der Waals surface area contributed by atoms with Gasteiger partial charge in [0.25, 0.3) is 5.56 Å². The summed E-state index contributed by atoms with van der Waals surface area (Å²) in [6, 6.07) is 25.1. The highest BCUT2D eigenvalue weighted by Crippen LogP contribution is 2.35. The number of halogens is 1. The smallest absolute Gasteiger partial charge is 0.337 e. The lowest BCUT2D eigenvalue weighted by atomic mass is 9.94. The number of Topliss-reactive ketones (excluding diaryl/α,β-unsaturated/α-hetero) is 2. The Morgan fingerprint density at radius 3 is 2.16 bits per heavy atom. The largest absolute Gasteiger partial charge is 0.495 e. The number of methoxy groups -OCH3 is 2. The number of hydrogen-bond acceptors (Lipinski definition) is 6. The Hall–Kier alpha value is -5.78. The SMILES string of the molecule is [C-]#[N+]c1ccc(-c2ccc(CC(C(=O)Cc3ccc(C(=O)OC)cc3)n3cc(OC)c(-c4cc(Cl)ccc4C(C)=O)cc3=O)cc2)c(C)c1. The summed E-state index contributed by atoms with van der Waals surface area (Å²) in [5.74, 6) is -0.629. The number of benzene rings is 4. The molecular weight excluding hydrogens is 640 g/mol. The van der Waals surface area contributed by atoms with Gasteiger partial charge in [0.05, 0.1) is 38.6 Å². The Kier molecular flexibility index (Phi) is 10.6. The van der Waals surface area contributed by atoms with Gasteiger partial charge in [-0.05, 0) is 72.0 Å². The van der Waals surface area contributed by atoms with Crippen LogP contribution in [0.2, 0.25) is 5.02 Å². The molecule has 0 bridgehead atoms. The van der Waals surface area contributed by atoms with E-state index in [1.54, 1.807) is 48.5 Å². The van der Waals surface area contributed by atoms with Crippen molar-refractivity contribution in [1.82, 2.24) is 4.57 Å². The molecule has 49 heavy (non-hydrogen) atoms. The van der Waals surface area contributed by atoms with Gasteiger partial charge >= 0.3 is 5.97 Å². The number of carbonyl (C=O) groups is 3. The summed E-state index contributed by atoms with van der Waals surface area (Å²) in [5.41, 5.74) is 6.07. The molecule has 0 aliphatic carbocycles. The van der Waals surface area contributed by atoms with Crippen molar-refractivity contribution in [3.63, 3.8) is 0 Å². The van der Waals surface area contributed by atoms with Crippen LogP contribution in [0.15, 0.2) is 102 Å². The van der Waals surface area contributed by atoms with Gasteiger partial charge in [0.15, 0.2) is 17.3 Å². The van der Waals surface area contributed by atoms with Crippen LogP contribution >= 0.6 is 11.6 Å². The minimum Gasteiger partial charge on any atom is -0.495 e. The van der Waals surface area contributed by atoms with Crippen molar-refractivity contribution in [1.29, 1.82) is 0 Å². The zero-order valence-electron chi connectivity index (χ0n) is 27.5. The van der Waals surface area contributed by atoms with Gasteiger partial charge in [-0.1, -0.05) is 71.8 Å². The summed E-state index contributed by atoms with van der Waals surface area (Å²) in [5, 5.41) is 0.387. The van der Waals surface area contributed by atoms with Gasteiger partial charge < -0.3 is 14.0 Å². The molecule has 0 saturated carbocycles. The van der Waals surface area contributed by atoms with Crippen molar-refractivity contribution < 1.29 is 23.9 Å². The lowest BCUT2D eigenvalue weighted by Gasteiger charge is -2.22. The number of aryl methyl sites for hydroxylation is 1. The Morgan fingerprint density at radius 2 is 1.55 bits per heavy atom. The summed E-state index contributed by atoms with van der Waals surface area (Å²) in [6.45, 7) is 10.7. The van der Waals surface area contributed by atoms with E-state index in [1.165, 1.54) is 38.0 Å². The van der Waals surface area contributed by atoms with Gasteiger partial charge in [0, 0.05) is 35.1 Å². The highest BCUT2D eigenvalue weighted by Gasteiger charge is 2.25.